The van der Waals surface area contributed by atoms with Crippen molar-refractivity contribution >= 4 is 17.7 Å². The molecule has 0 bridgehead atoms. The molecule has 0 aliphatic rings. The van der Waals surface area contributed by atoms with E-state index in [2.05, 4.69) is 11.8 Å². The largest absolute Gasteiger partial charge is 0.462 e. The van der Waals surface area contributed by atoms with Gasteiger partial charge in [0, 0.05) is 5.75 Å². The molecule has 0 heterocycles. The summed E-state index contributed by atoms with van der Waals surface area (Å²) in [4.78, 5) is 11.5. The molecule has 0 saturated heterocycles. The van der Waals surface area contributed by atoms with Crippen molar-refractivity contribution in [1.82, 2.24) is 0 Å². The first kappa shape index (κ1) is 14.6. The molecule has 0 aliphatic carbocycles. The van der Waals surface area contributed by atoms with Crippen molar-refractivity contribution in [3.63, 3.8) is 0 Å². The number of hydrogen-bond donors (Lipinski definition) is 1. The van der Waals surface area contributed by atoms with Gasteiger partial charge in [0.1, 0.15) is 6.61 Å². The van der Waals surface area contributed by atoms with Crippen LogP contribution in [0.2, 0.25) is 0 Å². The molecule has 1 N–H and O–H groups in total. The van der Waals surface area contributed by atoms with Crippen LogP contribution in [0.3, 0.4) is 0 Å². The number of aliphatic hydroxyl groups excluding tert-OH is 1. The minimum absolute atomic E-state index is 0.0983. The second kappa shape index (κ2) is 8.62. The summed E-state index contributed by atoms with van der Waals surface area (Å²) in [6, 6.07) is 7.40. The molecule has 1 aromatic rings. The van der Waals surface area contributed by atoms with Crippen LogP contribution in [0.4, 0.5) is 0 Å². The van der Waals surface area contributed by atoms with Crippen molar-refractivity contribution < 1.29 is 14.6 Å². The average Bonchev–Trinajstić information content (AvgIpc) is 2.39. The van der Waals surface area contributed by atoms with Crippen molar-refractivity contribution in [2.45, 2.75) is 12.7 Å². The highest BCUT2D eigenvalue weighted by Gasteiger charge is 2.06. The maximum absolute atomic E-state index is 11.5. The Morgan fingerprint density at radius 1 is 1.44 bits per heavy atom. The van der Waals surface area contributed by atoms with Crippen molar-refractivity contribution in [2.75, 3.05) is 19.0 Å². The number of rotatable bonds is 5. The standard InChI is InChI=1S/C14H16O3S/c1-2-17-14(16)13-7-5-6-12(10-13)11-18-9-4-3-8-15/h5-7,10,15H,2,8-9,11H2,1H3. The predicted octanol–water partition coefficient (Wildman–Crippen LogP) is 2.09. The molecular formula is C14H16O3S. The van der Waals surface area contributed by atoms with Gasteiger partial charge in [-0.15, -0.1) is 11.8 Å². The van der Waals surface area contributed by atoms with Crippen molar-refractivity contribution in [3.05, 3.63) is 35.4 Å². The Bertz CT molecular complexity index is 446. The summed E-state index contributed by atoms with van der Waals surface area (Å²) in [6.45, 7) is 2.07. The van der Waals surface area contributed by atoms with Gasteiger partial charge in [-0.2, -0.15) is 0 Å². The van der Waals surface area contributed by atoms with Gasteiger partial charge in [0.2, 0.25) is 0 Å². The fraction of sp³-hybridized carbons (Fsp3) is 0.357. The first-order valence-corrected chi connectivity index (χ1v) is 6.83. The molecule has 0 spiro atoms. The van der Waals surface area contributed by atoms with E-state index in [1.807, 2.05) is 18.2 Å². The number of aliphatic hydroxyl groups is 1. The third-order valence-electron chi connectivity index (χ3n) is 2.09. The number of carbonyl (C=O) groups excluding carboxylic acids is 1. The van der Waals surface area contributed by atoms with Gasteiger partial charge in [0.25, 0.3) is 0 Å². The Labute approximate surface area is 112 Å². The van der Waals surface area contributed by atoms with Crippen LogP contribution in [0.25, 0.3) is 0 Å². The summed E-state index contributed by atoms with van der Waals surface area (Å²) in [5, 5.41) is 8.50. The number of carbonyl (C=O) groups is 1. The van der Waals surface area contributed by atoms with E-state index in [9.17, 15) is 4.79 Å². The van der Waals surface area contributed by atoms with E-state index < -0.39 is 0 Å². The zero-order valence-electron chi connectivity index (χ0n) is 10.3. The number of ether oxygens (including phenoxy) is 1. The van der Waals surface area contributed by atoms with E-state index in [4.69, 9.17) is 9.84 Å². The number of benzene rings is 1. The van der Waals surface area contributed by atoms with Gasteiger partial charge in [-0.1, -0.05) is 24.0 Å². The maximum atomic E-state index is 11.5. The fourth-order valence-corrected chi connectivity index (χ4v) is 2.05. The number of thioether (sulfide) groups is 1. The normalized spacial score (nSPS) is 9.44. The van der Waals surface area contributed by atoms with Gasteiger partial charge in [-0.3, -0.25) is 0 Å². The Kier molecular flexibility index (Phi) is 7.00. The van der Waals surface area contributed by atoms with Crippen molar-refractivity contribution in [2.24, 2.45) is 0 Å². The SMILES string of the molecule is CCOC(=O)c1cccc(CSCC#CCO)c1. The second-order valence-electron chi connectivity index (χ2n) is 3.43. The predicted molar refractivity (Wildman–Crippen MR) is 73.4 cm³/mol. The average molecular weight is 264 g/mol. The Morgan fingerprint density at radius 2 is 2.28 bits per heavy atom. The van der Waals surface area contributed by atoms with Gasteiger partial charge in [-0.05, 0) is 24.6 Å². The van der Waals surface area contributed by atoms with Crippen LogP contribution in [0.15, 0.2) is 24.3 Å². The molecule has 0 aromatic heterocycles. The summed E-state index contributed by atoms with van der Waals surface area (Å²) in [5.74, 6) is 6.59. The van der Waals surface area contributed by atoms with Crippen LogP contribution in [0.5, 0.6) is 0 Å². The van der Waals surface area contributed by atoms with Crippen molar-refractivity contribution in [1.29, 1.82) is 0 Å². The molecule has 3 nitrogen and oxygen atoms in total. The van der Waals surface area contributed by atoms with E-state index in [1.165, 1.54) is 0 Å². The zero-order valence-corrected chi connectivity index (χ0v) is 11.1. The van der Waals surface area contributed by atoms with E-state index in [0.717, 1.165) is 11.3 Å². The molecule has 0 atom stereocenters. The monoisotopic (exact) mass is 264 g/mol. The lowest BCUT2D eigenvalue weighted by Crippen LogP contribution is -2.04. The molecule has 1 aromatic carbocycles. The Hall–Kier alpha value is -1.44. The second-order valence-corrected chi connectivity index (χ2v) is 4.41. The van der Waals surface area contributed by atoms with E-state index in [0.29, 0.717) is 17.9 Å². The van der Waals surface area contributed by atoms with Gasteiger partial charge >= 0.3 is 5.97 Å². The zero-order chi connectivity index (χ0) is 13.2. The topological polar surface area (TPSA) is 46.5 Å². The van der Waals surface area contributed by atoms with Crippen LogP contribution < -0.4 is 0 Å². The van der Waals surface area contributed by atoms with Gasteiger partial charge in [0.15, 0.2) is 0 Å². The highest BCUT2D eigenvalue weighted by atomic mass is 32.2. The summed E-state index contributed by atoms with van der Waals surface area (Å²) < 4.78 is 4.94. The molecule has 4 heteroatoms. The summed E-state index contributed by atoms with van der Waals surface area (Å²) in [5.41, 5.74) is 1.65. The molecule has 0 radical (unpaired) electrons. The van der Waals surface area contributed by atoms with Crippen LogP contribution >= 0.6 is 11.8 Å². The van der Waals surface area contributed by atoms with E-state index >= 15 is 0 Å². The molecule has 0 saturated carbocycles. The lowest BCUT2D eigenvalue weighted by Gasteiger charge is -2.04. The van der Waals surface area contributed by atoms with Crippen LogP contribution in [0.1, 0.15) is 22.8 Å². The molecular weight excluding hydrogens is 248 g/mol. The molecule has 0 amide bonds. The minimum Gasteiger partial charge on any atom is -0.462 e. The van der Waals surface area contributed by atoms with Gasteiger partial charge < -0.3 is 9.84 Å². The third-order valence-corrected chi connectivity index (χ3v) is 2.97. The Balaban J connectivity index is 2.51. The maximum Gasteiger partial charge on any atom is 0.338 e. The lowest BCUT2D eigenvalue weighted by atomic mass is 10.1. The van der Waals surface area contributed by atoms with Crippen molar-refractivity contribution in [3.8, 4) is 11.8 Å². The molecule has 0 unspecified atom stereocenters. The smallest absolute Gasteiger partial charge is 0.338 e. The van der Waals surface area contributed by atoms with E-state index in [1.54, 1.807) is 24.8 Å². The molecule has 0 aliphatic heterocycles. The van der Waals surface area contributed by atoms with Crippen LogP contribution in [-0.4, -0.2) is 30.0 Å². The van der Waals surface area contributed by atoms with Gasteiger partial charge in [0.05, 0.1) is 17.9 Å². The molecule has 18 heavy (non-hydrogen) atoms. The van der Waals surface area contributed by atoms with E-state index in [-0.39, 0.29) is 12.6 Å². The summed E-state index contributed by atoms with van der Waals surface area (Å²) in [7, 11) is 0. The van der Waals surface area contributed by atoms with Gasteiger partial charge in [-0.25, -0.2) is 4.79 Å². The molecule has 1 rings (SSSR count). The number of esters is 1. The molecule has 0 fully saturated rings. The highest BCUT2D eigenvalue weighted by Crippen LogP contribution is 2.14. The van der Waals surface area contributed by atoms with Crippen LogP contribution in [0, 0.1) is 11.8 Å². The first-order chi connectivity index (χ1) is 8.77. The minimum atomic E-state index is -0.288. The van der Waals surface area contributed by atoms with Crippen LogP contribution in [-0.2, 0) is 10.5 Å². The number of hydrogen-bond acceptors (Lipinski definition) is 4. The fourth-order valence-electron chi connectivity index (χ4n) is 1.33. The molecule has 96 valence electrons. The summed E-state index contributed by atoms with van der Waals surface area (Å²) >= 11 is 1.64. The quantitative estimate of drug-likeness (QED) is 0.502. The third kappa shape index (κ3) is 5.26. The Morgan fingerprint density at radius 3 is 3.00 bits per heavy atom. The highest BCUT2D eigenvalue weighted by molar-refractivity contribution is 7.98. The first-order valence-electron chi connectivity index (χ1n) is 5.68. The lowest BCUT2D eigenvalue weighted by molar-refractivity contribution is 0.0526. The summed E-state index contributed by atoms with van der Waals surface area (Å²) in [6.07, 6.45) is 0.